The third-order valence-corrected chi connectivity index (χ3v) is 3.00. The second-order valence-electron chi connectivity index (χ2n) is 4.30. The summed E-state index contributed by atoms with van der Waals surface area (Å²) in [5, 5.41) is 1.28. The van der Waals surface area contributed by atoms with E-state index in [9.17, 15) is 0 Å². The third-order valence-electron chi connectivity index (χ3n) is 3.00. The zero-order valence-electron chi connectivity index (χ0n) is 8.33. The Morgan fingerprint density at radius 3 is 3.00 bits per heavy atom. The highest BCUT2D eigenvalue weighted by Crippen LogP contribution is 2.27. The molecule has 2 aromatic rings. The van der Waals surface area contributed by atoms with Gasteiger partial charge >= 0.3 is 0 Å². The summed E-state index contributed by atoms with van der Waals surface area (Å²) in [5.41, 5.74) is 3.91. The molecule has 0 saturated carbocycles. The summed E-state index contributed by atoms with van der Waals surface area (Å²) < 4.78 is 0. The van der Waals surface area contributed by atoms with Crippen LogP contribution in [0.2, 0.25) is 0 Å². The molecule has 70 valence electrons. The average Bonchev–Trinajstić information content (AvgIpc) is 2.53. The van der Waals surface area contributed by atoms with Crippen LogP contribution in [0.15, 0.2) is 30.3 Å². The Hall–Kier alpha value is -1.37. The molecule has 1 aromatic carbocycles. The van der Waals surface area contributed by atoms with Crippen molar-refractivity contribution in [3.63, 3.8) is 0 Å². The SMILES string of the molecule is CC1Cc2cc3ccccc3nc2C1. The van der Waals surface area contributed by atoms with E-state index >= 15 is 0 Å². The smallest absolute Gasteiger partial charge is 0.0705 e. The number of benzene rings is 1. The van der Waals surface area contributed by atoms with Crippen LogP contribution >= 0.6 is 0 Å². The van der Waals surface area contributed by atoms with Gasteiger partial charge in [-0.25, -0.2) is 0 Å². The molecule has 1 heteroatoms. The first-order chi connectivity index (χ1) is 6.83. The maximum Gasteiger partial charge on any atom is 0.0705 e. The summed E-state index contributed by atoms with van der Waals surface area (Å²) in [5.74, 6) is 0.773. The van der Waals surface area contributed by atoms with Crippen molar-refractivity contribution < 1.29 is 0 Å². The molecule has 3 rings (SSSR count). The van der Waals surface area contributed by atoms with Crippen LogP contribution in [0.4, 0.5) is 0 Å². The first-order valence-electron chi connectivity index (χ1n) is 5.20. The van der Waals surface area contributed by atoms with Gasteiger partial charge in [0.2, 0.25) is 0 Å². The molecule has 0 N–H and O–H groups in total. The van der Waals surface area contributed by atoms with E-state index in [1.54, 1.807) is 0 Å². The maximum absolute atomic E-state index is 4.71. The third kappa shape index (κ3) is 1.12. The highest BCUT2D eigenvalue weighted by molar-refractivity contribution is 5.79. The van der Waals surface area contributed by atoms with Gasteiger partial charge in [-0.05, 0) is 36.5 Å². The van der Waals surface area contributed by atoms with E-state index in [4.69, 9.17) is 4.98 Å². The molecular formula is C13H13N. The largest absolute Gasteiger partial charge is 0.253 e. The fourth-order valence-corrected chi connectivity index (χ4v) is 2.33. The summed E-state index contributed by atoms with van der Waals surface area (Å²) in [6.07, 6.45) is 2.35. The van der Waals surface area contributed by atoms with Gasteiger partial charge in [-0.15, -0.1) is 0 Å². The van der Waals surface area contributed by atoms with Gasteiger partial charge in [-0.1, -0.05) is 25.1 Å². The van der Waals surface area contributed by atoms with Gasteiger partial charge in [0, 0.05) is 11.1 Å². The normalized spacial score (nSPS) is 19.9. The van der Waals surface area contributed by atoms with Crippen molar-refractivity contribution in [1.29, 1.82) is 0 Å². The molecule has 1 aromatic heterocycles. The molecule has 0 aliphatic heterocycles. The van der Waals surface area contributed by atoms with E-state index in [0.717, 1.165) is 17.9 Å². The second-order valence-corrected chi connectivity index (χ2v) is 4.30. The monoisotopic (exact) mass is 183 g/mol. The van der Waals surface area contributed by atoms with Crippen LogP contribution in [0.3, 0.4) is 0 Å². The molecule has 14 heavy (non-hydrogen) atoms. The number of fused-ring (bicyclic) bond motifs is 2. The lowest BCUT2D eigenvalue weighted by Crippen LogP contribution is -1.90. The first-order valence-corrected chi connectivity index (χ1v) is 5.20. The summed E-state index contributed by atoms with van der Waals surface area (Å²) in [4.78, 5) is 4.71. The lowest BCUT2D eigenvalue weighted by Gasteiger charge is -2.01. The van der Waals surface area contributed by atoms with Crippen molar-refractivity contribution in [2.75, 3.05) is 0 Å². The van der Waals surface area contributed by atoms with Gasteiger partial charge in [0.05, 0.1) is 5.52 Å². The highest BCUT2D eigenvalue weighted by atomic mass is 14.7. The van der Waals surface area contributed by atoms with Crippen molar-refractivity contribution in [2.24, 2.45) is 5.92 Å². The fraction of sp³-hybridized carbons (Fsp3) is 0.308. The molecule has 0 fully saturated rings. The Labute approximate surface area is 83.8 Å². The molecule has 1 heterocycles. The van der Waals surface area contributed by atoms with Gasteiger partial charge in [-0.3, -0.25) is 4.98 Å². The molecule has 0 radical (unpaired) electrons. The Morgan fingerprint density at radius 1 is 1.21 bits per heavy atom. The van der Waals surface area contributed by atoms with Crippen LogP contribution in [-0.4, -0.2) is 4.98 Å². The quantitative estimate of drug-likeness (QED) is 0.612. The summed E-state index contributed by atoms with van der Waals surface area (Å²) >= 11 is 0. The Morgan fingerprint density at radius 2 is 2.07 bits per heavy atom. The maximum atomic E-state index is 4.71. The number of hydrogen-bond acceptors (Lipinski definition) is 1. The van der Waals surface area contributed by atoms with Crippen LogP contribution < -0.4 is 0 Å². The van der Waals surface area contributed by atoms with E-state index in [1.807, 2.05) is 0 Å². The van der Waals surface area contributed by atoms with Gasteiger partial charge in [0.15, 0.2) is 0 Å². The molecule has 0 saturated heterocycles. The molecular weight excluding hydrogens is 170 g/mol. The van der Waals surface area contributed by atoms with Crippen molar-refractivity contribution >= 4 is 10.9 Å². The Bertz CT molecular complexity index is 443. The zero-order chi connectivity index (χ0) is 9.54. The molecule has 1 aliphatic carbocycles. The van der Waals surface area contributed by atoms with Gasteiger partial charge in [0.1, 0.15) is 0 Å². The zero-order valence-corrected chi connectivity index (χ0v) is 8.33. The summed E-state index contributed by atoms with van der Waals surface area (Å²) in [6.45, 7) is 2.30. The number of rotatable bonds is 0. The van der Waals surface area contributed by atoms with Gasteiger partial charge < -0.3 is 0 Å². The molecule has 0 spiro atoms. The summed E-state index contributed by atoms with van der Waals surface area (Å²) in [7, 11) is 0. The number of aromatic nitrogens is 1. The molecule has 1 nitrogen and oxygen atoms in total. The highest BCUT2D eigenvalue weighted by Gasteiger charge is 2.19. The van der Waals surface area contributed by atoms with E-state index < -0.39 is 0 Å². The van der Waals surface area contributed by atoms with Crippen molar-refractivity contribution in [2.45, 2.75) is 19.8 Å². The minimum absolute atomic E-state index is 0.773. The molecule has 1 aliphatic rings. The minimum Gasteiger partial charge on any atom is -0.253 e. The van der Waals surface area contributed by atoms with Gasteiger partial charge in [0.25, 0.3) is 0 Å². The van der Waals surface area contributed by atoms with Gasteiger partial charge in [-0.2, -0.15) is 0 Å². The van der Waals surface area contributed by atoms with Crippen LogP contribution in [0.1, 0.15) is 18.2 Å². The molecule has 1 atom stereocenters. The number of para-hydroxylation sites is 1. The van der Waals surface area contributed by atoms with E-state index in [2.05, 4.69) is 37.3 Å². The number of pyridine rings is 1. The Kier molecular flexibility index (Phi) is 1.60. The van der Waals surface area contributed by atoms with E-state index in [0.29, 0.717) is 0 Å². The van der Waals surface area contributed by atoms with E-state index in [1.165, 1.54) is 23.1 Å². The van der Waals surface area contributed by atoms with Crippen molar-refractivity contribution in [1.82, 2.24) is 4.98 Å². The lowest BCUT2D eigenvalue weighted by atomic mass is 10.1. The lowest BCUT2D eigenvalue weighted by molar-refractivity contribution is 0.624. The second kappa shape index (κ2) is 2.81. The first kappa shape index (κ1) is 7.98. The predicted octanol–water partition coefficient (Wildman–Crippen LogP) is 2.97. The van der Waals surface area contributed by atoms with E-state index in [-0.39, 0.29) is 0 Å². The number of hydrogen-bond donors (Lipinski definition) is 0. The average molecular weight is 183 g/mol. The van der Waals surface area contributed by atoms with Crippen LogP contribution in [-0.2, 0) is 12.8 Å². The van der Waals surface area contributed by atoms with Crippen molar-refractivity contribution in [3.8, 4) is 0 Å². The topological polar surface area (TPSA) is 12.9 Å². The van der Waals surface area contributed by atoms with Crippen LogP contribution in [0, 0.1) is 5.92 Å². The minimum atomic E-state index is 0.773. The molecule has 0 amide bonds. The summed E-state index contributed by atoms with van der Waals surface area (Å²) in [6, 6.07) is 10.7. The standard InChI is InChI=1S/C13H13N/c1-9-6-11-8-10-4-2-3-5-12(10)14-13(11)7-9/h2-5,8-9H,6-7H2,1H3. The number of nitrogens with zero attached hydrogens (tertiary/aromatic N) is 1. The fourth-order valence-electron chi connectivity index (χ4n) is 2.33. The van der Waals surface area contributed by atoms with Crippen molar-refractivity contribution in [3.05, 3.63) is 41.6 Å². The Balaban J connectivity index is 2.27. The predicted molar refractivity (Wildman–Crippen MR) is 58.3 cm³/mol. The molecule has 0 bridgehead atoms. The van der Waals surface area contributed by atoms with Crippen LogP contribution in [0.5, 0.6) is 0 Å². The molecule has 1 unspecified atom stereocenters. The van der Waals surface area contributed by atoms with Crippen LogP contribution in [0.25, 0.3) is 10.9 Å².